The predicted molar refractivity (Wildman–Crippen MR) is 105 cm³/mol. The second-order valence-corrected chi connectivity index (χ2v) is 7.79. The lowest BCUT2D eigenvalue weighted by Gasteiger charge is -2.29. The highest BCUT2D eigenvalue weighted by Gasteiger charge is 2.24. The summed E-state index contributed by atoms with van der Waals surface area (Å²) in [4.78, 5) is 23.9. The molecule has 1 fully saturated rings. The predicted octanol–water partition coefficient (Wildman–Crippen LogP) is 2.99. The summed E-state index contributed by atoms with van der Waals surface area (Å²) in [6, 6.07) is 6.51. The van der Waals surface area contributed by atoms with Crippen molar-refractivity contribution in [3.63, 3.8) is 0 Å². The largest absolute Gasteiger partial charge is 0.338 e. The van der Waals surface area contributed by atoms with Gasteiger partial charge in [0.25, 0.3) is 0 Å². The van der Waals surface area contributed by atoms with E-state index in [9.17, 15) is 9.18 Å². The lowest BCUT2D eigenvalue weighted by molar-refractivity contribution is -0.132. The molecule has 0 aliphatic carbocycles. The Morgan fingerprint density at radius 1 is 1.29 bits per heavy atom. The van der Waals surface area contributed by atoms with E-state index in [1.54, 1.807) is 12.1 Å². The van der Waals surface area contributed by atoms with E-state index in [1.807, 2.05) is 11.1 Å². The Morgan fingerprint density at radius 3 is 2.93 bits per heavy atom. The van der Waals surface area contributed by atoms with Gasteiger partial charge in [0, 0.05) is 50.2 Å². The van der Waals surface area contributed by atoms with E-state index in [0.717, 1.165) is 68.0 Å². The Labute approximate surface area is 165 Å². The number of nitrogens with one attached hydrogen (secondary N) is 1. The summed E-state index contributed by atoms with van der Waals surface area (Å²) < 4.78 is 13.0. The zero-order valence-corrected chi connectivity index (χ0v) is 16.2. The second-order valence-electron chi connectivity index (χ2n) is 7.79. The Morgan fingerprint density at radius 2 is 2.14 bits per heavy atom. The van der Waals surface area contributed by atoms with Gasteiger partial charge >= 0.3 is 0 Å². The maximum atomic E-state index is 13.0. The van der Waals surface area contributed by atoms with Crippen LogP contribution in [0.1, 0.15) is 54.2 Å². The number of carbonyl (C=O) groups excluding carboxylic acids is 1. The highest BCUT2D eigenvalue weighted by atomic mass is 19.1. The smallest absolute Gasteiger partial charge is 0.222 e. The average Bonchev–Trinajstić information content (AvgIpc) is 2.75. The third kappa shape index (κ3) is 4.55. The average molecular weight is 382 g/mol. The van der Waals surface area contributed by atoms with Gasteiger partial charge in [-0.25, -0.2) is 14.4 Å². The van der Waals surface area contributed by atoms with Gasteiger partial charge < -0.3 is 10.2 Å². The van der Waals surface area contributed by atoms with Crippen LogP contribution in [0.5, 0.6) is 0 Å². The zero-order chi connectivity index (χ0) is 19.3. The molecule has 1 atom stereocenters. The van der Waals surface area contributed by atoms with E-state index in [2.05, 4.69) is 10.3 Å². The molecule has 0 bridgehead atoms. The van der Waals surface area contributed by atoms with E-state index in [0.29, 0.717) is 18.9 Å². The number of hydrogen-bond donors (Lipinski definition) is 1. The number of nitrogens with zero attached hydrogens (tertiary/aromatic N) is 3. The van der Waals surface area contributed by atoms with E-state index < -0.39 is 0 Å². The van der Waals surface area contributed by atoms with Crippen LogP contribution in [0.3, 0.4) is 0 Å². The van der Waals surface area contributed by atoms with Gasteiger partial charge in [0.15, 0.2) is 0 Å². The second kappa shape index (κ2) is 8.78. The van der Waals surface area contributed by atoms with E-state index in [1.165, 1.54) is 18.6 Å². The van der Waals surface area contributed by atoms with E-state index in [4.69, 9.17) is 4.98 Å². The molecule has 1 saturated heterocycles. The molecule has 148 valence electrons. The van der Waals surface area contributed by atoms with Crippen molar-refractivity contribution in [1.82, 2.24) is 20.2 Å². The molecule has 6 heteroatoms. The van der Waals surface area contributed by atoms with Crippen molar-refractivity contribution >= 4 is 5.91 Å². The van der Waals surface area contributed by atoms with Gasteiger partial charge in [-0.15, -0.1) is 0 Å². The van der Waals surface area contributed by atoms with E-state index in [-0.39, 0.29) is 11.7 Å². The Balaban J connectivity index is 1.30. The normalized spacial score (nSPS) is 19.3. The summed E-state index contributed by atoms with van der Waals surface area (Å²) in [6.07, 6.45) is 7.12. The number of carbonyl (C=O) groups is 1. The number of benzene rings is 1. The molecule has 1 N–H and O–H groups in total. The Kier molecular flexibility index (Phi) is 5.95. The highest BCUT2D eigenvalue weighted by molar-refractivity contribution is 5.76. The first kappa shape index (κ1) is 19.0. The molecule has 1 amide bonds. The van der Waals surface area contributed by atoms with Crippen LogP contribution in [0.15, 0.2) is 30.5 Å². The number of hydrogen-bond acceptors (Lipinski definition) is 4. The standard InChI is InChI=1S/C22H27FN4O/c23-19-8-6-16(7-9-19)3-1-5-21(28)27-12-10-20-18(15-27)14-25-22(26-20)17-4-2-11-24-13-17/h6-9,14,17,24H,1-5,10-13,15H2. The van der Waals surface area contributed by atoms with Crippen LogP contribution in [0.25, 0.3) is 0 Å². The minimum absolute atomic E-state index is 0.174. The van der Waals surface area contributed by atoms with Gasteiger partial charge in [-0.1, -0.05) is 12.1 Å². The van der Waals surface area contributed by atoms with Crippen LogP contribution >= 0.6 is 0 Å². The van der Waals surface area contributed by atoms with Crippen molar-refractivity contribution in [3.05, 3.63) is 58.9 Å². The van der Waals surface area contributed by atoms with Gasteiger partial charge in [0.1, 0.15) is 11.6 Å². The van der Waals surface area contributed by atoms with Crippen LogP contribution in [-0.4, -0.2) is 40.4 Å². The lowest BCUT2D eigenvalue weighted by Crippen LogP contribution is -2.37. The molecule has 3 heterocycles. The number of piperidine rings is 1. The summed E-state index contributed by atoms with van der Waals surface area (Å²) in [6.45, 7) is 3.37. The van der Waals surface area contributed by atoms with Crippen LogP contribution in [0, 0.1) is 5.82 Å². The lowest BCUT2D eigenvalue weighted by atomic mass is 9.98. The summed E-state index contributed by atoms with van der Waals surface area (Å²) in [5.74, 6) is 1.31. The summed E-state index contributed by atoms with van der Waals surface area (Å²) in [5, 5.41) is 3.42. The maximum absolute atomic E-state index is 13.0. The monoisotopic (exact) mass is 382 g/mol. The Hall–Kier alpha value is -2.34. The zero-order valence-electron chi connectivity index (χ0n) is 16.2. The van der Waals surface area contributed by atoms with Crippen molar-refractivity contribution in [2.75, 3.05) is 19.6 Å². The highest BCUT2D eigenvalue weighted by Crippen LogP contribution is 2.23. The number of rotatable bonds is 5. The molecule has 1 unspecified atom stereocenters. The van der Waals surface area contributed by atoms with Gasteiger partial charge in [0.2, 0.25) is 5.91 Å². The molecule has 4 rings (SSSR count). The van der Waals surface area contributed by atoms with Gasteiger partial charge in [-0.05, 0) is 49.9 Å². The molecule has 2 aromatic rings. The van der Waals surface area contributed by atoms with Crippen molar-refractivity contribution in [2.45, 2.75) is 51.0 Å². The summed E-state index contributed by atoms with van der Waals surface area (Å²) in [7, 11) is 0. The first-order valence-corrected chi connectivity index (χ1v) is 10.3. The number of fused-ring (bicyclic) bond motifs is 1. The molecular formula is C22H27FN4O. The quantitative estimate of drug-likeness (QED) is 0.864. The van der Waals surface area contributed by atoms with E-state index >= 15 is 0 Å². The molecule has 0 spiro atoms. The van der Waals surface area contributed by atoms with Crippen LogP contribution < -0.4 is 5.32 Å². The van der Waals surface area contributed by atoms with Crippen molar-refractivity contribution in [3.8, 4) is 0 Å². The topological polar surface area (TPSA) is 58.1 Å². The SMILES string of the molecule is O=C(CCCc1ccc(F)cc1)N1CCc2nc(C3CCCNC3)ncc2C1. The fourth-order valence-electron chi connectivity index (χ4n) is 4.07. The molecule has 1 aromatic heterocycles. The summed E-state index contributed by atoms with van der Waals surface area (Å²) >= 11 is 0. The van der Waals surface area contributed by atoms with Crippen LogP contribution in [-0.2, 0) is 24.2 Å². The van der Waals surface area contributed by atoms with Crippen molar-refractivity contribution in [1.29, 1.82) is 0 Å². The number of aryl methyl sites for hydroxylation is 1. The van der Waals surface area contributed by atoms with Crippen LogP contribution in [0.4, 0.5) is 4.39 Å². The van der Waals surface area contributed by atoms with Gasteiger partial charge in [0.05, 0.1) is 5.69 Å². The fraction of sp³-hybridized carbons (Fsp3) is 0.500. The molecule has 2 aliphatic heterocycles. The first-order valence-electron chi connectivity index (χ1n) is 10.3. The van der Waals surface area contributed by atoms with Crippen molar-refractivity contribution in [2.24, 2.45) is 0 Å². The third-order valence-electron chi connectivity index (χ3n) is 5.74. The van der Waals surface area contributed by atoms with Gasteiger partial charge in [-0.3, -0.25) is 4.79 Å². The Bertz CT molecular complexity index is 818. The maximum Gasteiger partial charge on any atom is 0.222 e. The molecule has 28 heavy (non-hydrogen) atoms. The number of aromatic nitrogens is 2. The molecule has 2 aliphatic rings. The molecule has 1 aromatic carbocycles. The fourth-order valence-corrected chi connectivity index (χ4v) is 4.07. The van der Waals surface area contributed by atoms with Gasteiger partial charge in [-0.2, -0.15) is 0 Å². The molecule has 0 saturated carbocycles. The summed E-state index contributed by atoms with van der Waals surface area (Å²) in [5.41, 5.74) is 3.24. The van der Waals surface area contributed by atoms with Crippen molar-refractivity contribution < 1.29 is 9.18 Å². The number of halogens is 1. The molecule has 0 radical (unpaired) electrons. The molecular weight excluding hydrogens is 355 g/mol. The minimum atomic E-state index is -0.225. The number of amides is 1. The molecule has 5 nitrogen and oxygen atoms in total. The third-order valence-corrected chi connectivity index (χ3v) is 5.74. The minimum Gasteiger partial charge on any atom is -0.338 e. The first-order chi connectivity index (χ1) is 13.7. The van der Waals surface area contributed by atoms with Crippen LogP contribution in [0.2, 0.25) is 0 Å².